The van der Waals surface area contributed by atoms with E-state index in [2.05, 4.69) is 57.8 Å². The first-order valence-corrected chi connectivity index (χ1v) is 9.65. The summed E-state index contributed by atoms with van der Waals surface area (Å²) in [7, 11) is 0. The maximum absolute atomic E-state index is 11.8. The van der Waals surface area contributed by atoms with Gasteiger partial charge >= 0.3 is 0 Å². The summed E-state index contributed by atoms with van der Waals surface area (Å²) >= 11 is 0. The number of guanidine groups is 1. The summed E-state index contributed by atoms with van der Waals surface area (Å²) < 4.78 is 0. The van der Waals surface area contributed by atoms with E-state index in [1.165, 1.54) is 11.1 Å². The SMILES string of the molecule is CCNC(=NCCC(=O)NC(C)C)N1CCC(=Cc2ccccc2)CC1.I. The summed E-state index contributed by atoms with van der Waals surface area (Å²) in [6, 6.07) is 10.7. The minimum atomic E-state index is 0. The fourth-order valence-corrected chi connectivity index (χ4v) is 3.02. The van der Waals surface area contributed by atoms with Crippen molar-refractivity contribution in [1.29, 1.82) is 0 Å². The molecule has 6 heteroatoms. The van der Waals surface area contributed by atoms with Crippen LogP contribution in [0.1, 0.15) is 45.6 Å². The number of rotatable bonds is 6. The highest BCUT2D eigenvalue weighted by Gasteiger charge is 2.17. The van der Waals surface area contributed by atoms with Gasteiger partial charge in [0.05, 0.1) is 6.54 Å². The summed E-state index contributed by atoms with van der Waals surface area (Å²) in [5.41, 5.74) is 2.76. The lowest BCUT2D eigenvalue weighted by Gasteiger charge is -2.31. The first kappa shape index (κ1) is 23.5. The molecule has 5 nitrogen and oxygen atoms in total. The molecule has 1 aliphatic heterocycles. The number of carbonyl (C=O) groups is 1. The van der Waals surface area contributed by atoms with E-state index in [4.69, 9.17) is 0 Å². The minimum absolute atomic E-state index is 0. The van der Waals surface area contributed by atoms with Crippen molar-refractivity contribution in [3.8, 4) is 0 Å². The van der Waals surface area contributed by atoms with Gasteiger partial charge in [0.2, 0.25) is 5.91 Å². The molecule has 1 aromatic carbocycles. The molecule has 0 spiro atoms. The van der Waals surface area contributed by atoms with Crippen LogP contribution in [0.5, 0.6) is 0 Å². The topological polar surface area (TPSA) is 56.7 Å². The van der Waals surface area contributed by atoms with Crippen LogP contribution >= 0.6 is 24.0 Å². The van der Waals surface area contributed by atoms with E-state index in [-0.39, 0.29) is 35.9 Å². The Balaban J connectivity index is 0.00000364. The van der Waals surface area contributed by atoms with Crippen molar-refractivity contribution in [2.24, 2.45) is 4.99 Å². The van der Waals surface area contributed by atoms with Crippen LogP contribution in [0.25, 0.3) is 6.08 Å². The summed E-state index contributed by atoms with van der Waals surface area (Å²) in [4.78, 5) is 18.7. The Labute approximate surface area is 180 Å². The number of hydrogen-bond donors (Lipinski definition) is 2. The average Bonchev–Trinajstić information content (AvgIpc) is 2.62. The van der Waals surface area contributed by atoms with Crippen LogP contribution in [-0.2, 0) is 4.79 Å². The monoisotopic (exact) mass is 484 g/mol. The van der Waals surface area contributed by atoms with Gasteiger partial charge in [0.1, 0.15) is 0 Å². The van der Waals surface area contributed by atoms with Gasteiger partial charge in [-0.15, -0.1) is 24.0 Å². The molecule has 0 unspecified atom stereocenters. The quantitative estimate of drug-likeness (QED) is 0.368. The van der Waals surface area contributed by atoms with E-state index in [0.717, 1.165) is 38.4 Å². The van der Waals surface area contributed by atoms with Crippen molar-refractivity contribution in [2.45, 2.75) is 46.1 Å². The fraction of sp³-hybridized carbons (Fsp3) is 0.524. The van der Waals surface area contributed by atoms with Crippen LogP contribution in [0.4, 0.5) is 0 Å². The lowest BCUT2D eigenvalue weighted by Crippen LogP contribution is -2.44. The van der Waals surface area contributed by atoms with Crippen molar-refractivity contribution in [1.82, 2.24) is 15.5 Å². The smallest absolute Gasteiger partial charge is 0.222 e. The lowest BCUT2D eigenvalue weighted by atomic mass is 10.0. The van der Waals surface area contributed by atoms with E-state index < -0.39 is 0 Å². The molecule has 0 bridgehead atoms. The molecule has 1 heterocycles. The van der Waals surface area contributed by atoms with Gasteiger partial charge in [-0.05, 0) is 39.2 Å². The van der Waals surface area contributed by atoms with Crippen LogP contribution in [0.2, 0.25) is 0 Å². The molecule has 0 aliphatic carbocycles. The van der Waals surface area contributed by atoms with Gasteiger partial charge in [0.25, 0.3) is 0 Å². The molecule has 0 saturated carbocycles. The molecule has 27 heavy (non-hydrogen) atoms. The number of nitrogens with one attached hydrogen (secondary N) is 2. The van der Waals surface area contributed by atoms with Gasteiger partial charge < -0.3 is 15.5 Å². The largest absolute Gasteiger partial charge is 0.357 e. The van der Waals surface area contributed by atoms with Gasteiger partial charge in [-0.3, -0.25) is 9.79 Å². The standard InChI is InChI=1S/C21H32N4O.HI/c1-4-22-21(23-13-10-20(26)24-17(2)3)25-14-11-19(12-15-25)16-18-8-6-5-7-9-18;/h5-9,16-17H,4,10-15H2,1-3H3,(H,22,23)(H,24,26);1H. The molecule has 2 N–H and O–H groups in total. The number of nitrogens with zero attached hydrogens (tertiary/aromatic N) is 2. The Kier molecular flexibility index (Phi) is 11.1. The number of amides is 1. The van der Waals surface area contributed by atoms with E-state index >= 15 is 0 Å². The summed E-state index contributed by atoms with van der Waals surface area (Å²) in [6.45, 7) is 9.29. The van der Waals surface area contributed by atoms with Crippen molar-refractivity contribution >= 4 is 41.9 Å². The number of piperidine rings is 1. The Hall–Kier alpha value is -1.57. The number of likely N-dealkylation sites (tertiary alicyclic amines) is 1. The average molecular weight is 484 g/mol. The van der Waals surface area contributed by atoms with E-state index in [1.807, 2.05) is 19.9 Å². The number of benzene rings is 1. The van der Waals surface area contributed by atoms with Crippen molar-refractivity contribution < 1.29 is 4.79 Å². The third-order valence-electron chi connectivity index (χ3n) is 4.26. The molecule has 0 atom stereocenters. The highest BCUT2D eigenvalue weighted by Crippen LogP contribution is 2.19. The van der Waals surface area contributed by atoms with Crippen molar-refractivity contribution in [3.05, 3.63) is 41.5 Å². The van der Waals surface area contributed by atoms with Crippen molar-refractivity contribution in [2.75, 3.05) is 26.2 Å². The lowest BCUT2D eigenvalue weighted by molar-refractivity contribution is -0.121. The molecular formula is C21H33IN4O. The number of aliphatic imine (C=N–C) groups is 1. The second-order valence-electron chi connectivity index (χ2n) is 6.91. The third-order valence-corrected chi connectivity index (χ3v) is 4.26. The van der Waals surface area contributed by atoms with Gasteiger partial charge in [-0.25, -0.2) is 0 Å². The van der Waals surface area contributed by atoms with E-state index in [0.29, 0.717) is 13.0 Å². The molecule has 1 fully saturated rings. The van der Waals surface area contributed by atoms with Gasteiger partial charge in [-0.2, -0.15) is 0 Å². The third kappa shape index (κ3) is 8.77. The predicted molar refractivity (Wildman–Crippen MR) is 125 cm³/mol. The molecule has 1 amide bonds. The predicted octanol–water partition coefficient (Wildman–Crippen LogP) is 3.66. The Morgan fingerprint density at radius 2 is 1.89 bits per heavy atom. The number of carbonyl (C=O) groups excluding carboxylic acids is 1. The summed E-state index contributed by atoms with van der Waals surface area (Å²) in [5.74, 6) is 0.981. The van der Waals surface area contributed by atoms with Gasteiger partial charge in [0.15, 0.2) is 5.96 Å². The molecule has 1 aliphatic rings. The number of hydrogen-bond acceptors (Lipinski definition) is 2. The zero-order valence-electron chi connectivity index (χ0n) is 16.7. The maximum atomic E-state index is 11.8. The van der Waals surface area contributed by atoms with Crippen LogP contribution in [0.15, 0.2) is 40.9 Å². The molecule has 0 radical (unpaired) electrons. The van der Waals surface area contributed by atoms with E-state index in [9.17, 15) is 4.79 Å². The Morgan fingerprint density at radius 3 is 2.48 bits per heavy atom. The van der Waals surface area contributed by atoms with Gasteiger partial charge in [-0.1, -0.05) is 42.0 Å². The zero-order valence-corrected chi connectivity index (χ0v) is 19.0. The fourth-order valence-electron chi connectivity index (χ4n) is 3.02. The summed E-state index contributed by atoms with van der Waals surface area (Å²) in [6.07, 6.45) is 4.83. The highest BCUT2D eigenvalue weighted by atomic mass is 127. The minimum Gasteiger partial charge on any atom is -0.357 e. The summed E-state index contributed by atoms with van der Waals surface area (Å²) in [5, 5.41) is 6.26. The molecule has 150 valence electrons. The number of halogens is 1. The second-order valence-corrected chi connectivity index (χ2v) is 6.91. The second kappa shape index (κ2) is 12.8. The van der Waals surface area contributed by atoms with Crippen LogP contribution in [-0.4, -0.2) is 49.0 Å². The van der Waals surface area contributed by atoms with Crippen LogP contribution in [0.3, 0.4) is 0 Å². The Morgan fingerprint density at radius 1 is 1.22 bits per heavy atom. The van der Waals surface area contributed by atoms with E-state index in [1.54, 1.807) is 0 Å². The molecule has 2 rings (SSSR count). The molecule has 0 aromatic heterocycles. The molecule has 1 aromatic rings. The van der Waals surface area contributed by atoms with Crippen LogP contribution in [0, 0.1) is 0 Å². The molecule has 1 saturated heterocycles. The van der Waals surface area contributed by atoms with Crippen LogP contribution < -0.4 is 10.6 Å². The zero-order chi connectivity index (χ0) is 18.8. The Bertz CT molecular complexity index is 618. The maximum Gasteiger partial charge on any atom is 0.222 e. The van der Waals surface area contributed by atoms with Gasteiger partial charge in [0, 0.05) is 32.1 Å². The van der Waals surface area contributed by atoms with Crippen molar-refractivity contribution in [3.63, 3.8) is 0 Å². The first-order chi connectivity index (χ1) is 12.6. The molecular weight excluding hydrogens is 451 g/mol. The highest BCUT2D eigenvalue weighted by molar-refractivity contribution is 14.0. The normalized spacial score (nSPS) is 14.6. The first-order valence-electron chi connectivity index (χ1n) is 9.65.